The Balaban J connectivity index is 1.63. The van der Waals surface area contributed by atoms with Gasteiger partial charge in [-0.05, 0) is 47.9 Å². The maximum atomic E-state index is 15.1. The molecule has 1 unspecified atom stereocenters. The lowest BCUT2D eigenvalue weighted by Crippen LogP contribution is -2.22. The van der Waals surface area contributed by atoms with Crippen LogP contribution in [0.5, 0.6) is 11.5 Å². The fourth-order valence-corrected chi connectivity index (χ4v) is 4.09. The Kier molecular flexibility index (Phi) is 5.47. The predicted molar refractivity (Wildman–Crippen MR) is 117 cm³/mol. The Labute approximate surface area is 188 Å². The number of ether oxygens (including phenoxy) is 3. The molecular weight excluding hydrogens is 430 g/mol. The van der Waals surface area contributed by atoms with Crippen LogP contribution in [-0.2, 0) is 9.47 Å². The van der Waals surface area contributed by atoms with Gasteiger partial charge in [-0.15, -0.1) is 0 Å². The quantitative estimate of drug-likeness (QED) is 0.348. The molecule has 3 N–H and O–H groups in total. The highest BCUT2D eigenvalue weighted by Crippen LogP contribution is 2.47. The number of nitrogens with zero attached hydrogens (tertiary/aromatic N) is 2. The summed E-state index contributed by atoms with van der Waals surface area (Å²) in [6.07, 6.45) is 4.06. The molecule has 0 saturated carbocycles. The molecule has 0 spiro atoms. The van der Waals surface area contributed by atoms with E-state index in [1.165, 1.54) is 6.20 Å². The van der Waals surface area contributed by atoms with Gasteiger partial charge in [0.05, 0.1) is 24.8 Å². The molecule has 1 atom stereocenters. The molecule has 0 bridgehead atoms. The first-order valence-corrected chi connectivity index (χ1v) is 10.4. The molecule has 0 saturated heterocycles. The zero-order valence-corrected chi connectivity index (χ0v) is 17.5. The monoisotopic (exact) mass is 450 g/mol. The largest absolute Gasteiger partial charge is 0.465 e. The SMILES string of the molecule is N=C(N)OCC1c2cc(-c3cccnc3F)ccc2Oc2c1cc(C1=CCCOC1)nc2F. The van der Waals surface area contributed by atoms with Gasteiger partial charge in [0, 0.05) is 22.9 Å². The van der Waals surface area contributed by atoms with Crippen molar-refractivity contribution < 1.29 is 23.0 Å². The van der Waals surface area contributed by atoms with Gasteiger partial charge in [-0.25, -0.2) is 9.97 Å². The van der Waals surface area contributed by atoms with Crippen molar-refractivity contribution >= 4 is 11.6 Å². The second-order valence-corrected chi connectivity index (χ2v) is 7.71. The van der Waals surface area contributed by atoms with Crippen LogP contribution >= 0.6 is 0 Å². The second kappa shape index (κ2) is 8.59. The summed E-state index contributed by atoms with van der Waals surface area (Å²) < 4.78 is 46.1. The molecule has 2 aliphatic heterocycles. The normalized spacial score (nSPS) is 16.8. The van der Waals surface area contributed by atoms with Crippen molar-refractivity contribution in [3.63, 3.8) is 0 Å². The lowest BCUT2D eigenvalue weighted by Gasteiger charge is -2.29. The smallest absolute Gasteiger partial charge is 0.279 e. The minimum atomic E-state index is -0.755. The molecule has 7 nitrogen and oxygen atoms in total. The molecule has 0 radical (unpaired) electrons. The lowest BCUT2D eigenvalue weighted by molar-refractivity contribution is 0.164. The van der Waals surface area contributed by atoms with Crippen LogP contribution in [0.4, 0.5) is 8.78 Å². The molecule has 2 aliphatic rings. The van der Waals surface area contributed by atoms with Crippen LogP contribution in [-0.4, -0.2) is 35.8 Å². The third kappa shape index (κ3) is 4.03. The molecule has 0 aliphatic carbocycles. The van der Waals surface area contributed by atoms with Crippen LogP contribution in [0.1, 0.15) is 29.2 Å². The van der Waals surface area contributed by atoms with Crippen LogP contribution in [0, 0.1) is 17.3 Å². The number of hydrogen-bond acceptors (Lipinski definition) is 6. The highest BCUT2D eigenvalue weighted by Gasteiger charge is 2.32. The molecule has 168 valence electrons. The first kappa shape index (κ1) is 21.0. The van der Waals surface area contributed by atoms with Crippen LogP contribution in [0.2, 0.25) is 0 Å². The van der Waals surface area contributed by atoms with E-state index in [1.54, 1.807) is 36.4 Å². The maximum absolute atomic E-state index is 15.1. The van der Waals surface area contributed by atoms with Gasteiger partial charge < -0.3 is 19.9 Å². The number of rotatable bonds is 4. The van der Waals surface area contributed by atoms with E-state index >= 15 is 4.39 Å². The van der Waals surface area contributed by atoms with Gasteiger partial charge in [0.1, 0.15) is 12.4 Å². The Morgan fingerprint density at radius 2 is 2.06 bits per heavy atom. The Hall–Kier alpha value is -3.85. The fourth-order valence-electron chi connectivity index (χ4n) is 4.09. The minimum absolute atomic E-state index is 0.0129. The van der Waals surface area contributed by atoms with Gasteiger partial charge in [0.15, 0.2) is 5.75 Å². The Bertz CT molecular complexity index is 1280. The van der Waals surface area contributed by atoms with Gasteiger partial charge in [0.25, 0.3) is 12.0 Å². The molecule has 4 heterocycles. The lowest BCUT2D eigenvalue weighted by atomic mass is 9.86. The van der Waals surface area contributed by atoms with Crippen molar-refractivity contribution in [1.82, 2.24) is 9.97 Å². The summed E-state index contributed by atoms with van der Waals surface area (Å²) in [6.45, 7) is 0.911. The van der Waals surface area contributed by atoms with Crippen LogP contribution in [0.3, 0.4) is 0 Å². The molecule has 2 aromatic heterocycles. The standard InChI is InChI=1S/C24H20F2N4O3/c25-22-15(4-1-7-29-22)13-5-6-20-16(9-13)18(12-32-24(27)28)17-10-19(14-3-2-8-31-11-14)30-23(26)21(17)33-20/h1,3-7,9-10,18H,2,8,11-12H2,(H3,27,28). The average molecular weight is 450 g/mol. The summed E-state index contributed by atoms with van der Waals surface area (Å²) in [5, 5.41) is 7.49. The first-order chi connectivity index (χ1) is 16.0. The summed E-state index contributed by atoms with van der Waals surface area (Å²) in [7, 11) is 0. The van der Waals surface area contributed by atoms with Gasteiger partial charge in [0.2, 0.25) is 5.95 Å². The van der Waals surface area contributed by atoms with E-state index in [1.807, 2.05) is 6.08 Å². The van der Waals surface area contributed by atoms with E-state index in [0.29, 0.717) is 53.3 Å². The zero-order chi connectivity index (χ0) is 22.9. The van der Waals surface area contributed by atoms with E-state index in [4.69, 9.17) is 25.4 Å². The van der Waals surface area contributed by atoms with Crippen molar-refractivity contribution in [1.29, 1.82) is 5.41 Å². The van der Waals surface area contributed by atoms with Crippen LogP contribution in [0.25, 0.3) is 16.7 Å². The number of fused-ring (bicyclic) bond motifs is 2. The molecule has 5 rings (SSSR count). The number of nitrogens with one attached hydrogen (secondary N) is 1. The predicted octanol–water partition coefficient (Wildman–Crippen LogP) is 4.37. The second-order valence-electron chi connectivity index (χ2n) is 7.71. The van der Waals surface area contributed by atoms with Crippen molar-refractivity contribution in [3.05, 3.63) is 77.4 Å². The number of pyridine rings is 2. The van der Waals surface area contributed by atoms with Crippen molar-refractivity contribution in [2.24, 2.45) is 5.73 Å². The topological polar surface area (TPSA) is 103 Å². The van der Waals surface area contributed by atoms with E-state index in [0.717, 1.165) is 5.57 Å². The summed E-state index contributed by atoms with van der Waals surface area (Å²) in [5.41, 5.74) is 8.71. The molecular formula is C24H20F2N4O3. The fraction of sp³-hybridized carbons (Fsp3) is 0.208. The third-order valence-electron chi connectivity index (χ3n) is 5.65. The number of halogens is 2. The number of benzene rings is 1. The average Bonchev–Trinajstić information content (AvgIpc) is 2.82. The van der Waals surface area contributed by atoms with Gasteiger partial charge >= 0.3 is 0 Å². The molecule has 33 heavy (non-hydrogen) atoms. The molecule has 3 aromatic rings. The molecule has 9 heteroatoms. The maximum Gasteiger partial charge on any atom is 0.279 e. The van der Waals surface area contributed by atoms with Crippen molar-refractivity contribution in [3.8, 4) is 22.6 Å². The van der Waals surface area contributed by atoms with E-state index in [-0.39, 0.29) is 12.4 Å². The van der Waals surface area contributed by atoms with Crippen LogP contribution < -0.4 is 10.5 Å². The van der Waals surface area contributed by atoms with Gasteiger partial charge in [-0.1, -0.05) is 12.1 Å². The molecule has 0 fully saturated rings. The van der Waals surface area contributed by atoms with E-state index in [9.17, 15) is 4.39 Å². The summed E-state index contributed by atoms with van der Waals surface area (Å²) in [4.78, 5) is 7.80. The van der Waals surface area contributed by atoms with Gasteiger partial charge in [-0.3, -0.25) is 5.41 Å². The summed E-state index contributed by atoms with van der Waals surface area (Å²) in [6, 6.07) is 9.63. The third-order valence-corrected chi connectivity index (χ3v) is 5.65. The van der Waals surface area contributed by atoms with E-state index in [2.05, 4.69) is 9.97 Å². The highest BCUT2D eigenvalue weighted by atomic mass is 19.1. The number of nitrogens with two attached hydrogens (primary N) is 1. The number of aromatic nitrogens is 2. The zero-order valence-electron chi connectivity index (χ0n) is 17.5. The van der Waals surface area contributed by atoms with Gasteiger partial charge in [-0.2, -0.15) is 8.78 Å². The molecule has 0 amide bonds. The van der Waals surface area contributed by atoms with Crippen molar-refractivity contribution in [2.45, 2.75) is 12.3 Å². The van der Waals surface area contributed by atoms with E-state index < -0.39 is 23.8 Å². The van der Waals surface area contributed by atoms with Crippen LogP contribution in [0.15, 0.2) is 48.7 Å². The number of hydrogen-bond donors (Lipinski definition) is 2. The highest BCUT2D eigenvalue weighted by molar-refractivity contribution is 5.71. The first-order valence-electron chi connectivity index (χ1n) is 10.4. The number of amidine groups is 1. The minimum Gasteiger partial charge on any atom is -0.465 e. The Morgan fingerprint density at radius 1 is 1.18 bits per heavy atom. The van der Waals surface area contributed by atoms with Crippen molar-refractivity contribution in [2.75, 3.05) is 19.8 Å². The Morgan fingerprint density at radius 3 is 2.82 bits per heavy atom. The molecule has 1 aromatic carbocycles. The summed E-state index contributed by atoms with van der Waals surface area (Å²) in [5.74, 6) is -1.51. The summed E-state index contributed by atoms with van der Waals surface area (Å²) >= 11 is 0.